The van der Waals surface area contributed by atoms with E-state index >= 15 is 0 Å². The van der Waals surface area contributed by atoms with Crippen molar-refractivity contribution in [1.29, 1.82) is 0 Å². The molecule has 4 aromatic rings. The number of rotatable bonds is 6. The molecule has 0 aliphatic rings. The first-order chi connectivity index (χ1) is 15.3. The lowest BCUT2D eigenvalue weighted by Crippen LogP contribution is -2.35. The van der Waals surface area contributed by atoms with Crippen LogP contribution in [0.25, 0.3) is 10.8 Å². The molecule has 1 heterocycles. The second-order valence-corrected chi connectivity index (χ2v) is 9.76. The third kappa shape index (κ3) is 4.93. The van der Waals surface area contributed by atoms with Crippen LogP contribution in [-0.4, -0.2) is 19.3 Å². The number of nitrogens with one attached hydrogen (secondary N) is 1. The van der Waals surface area contributed by atoms with E-state index in [9.17, 15) is 13.2 Å². The van der Waals surface area contributed by atoms with Crippen molar-refractivity contribution < 1.29 is 13.2 Å². The minimum absolute atomic E-state index is 0.0151. The number of fused-ring (bicyclic) bond motifs is 1. The molecule has 0 bridgehead atoms. The summed E-state index contributed by atoms with van der Waals surface area (Å²) in [6, 6.07) is 20.5. The zero-order valence-electron chi connectivity index (χ0n) is 16.7. The lowest BCUT2D eigenvalue weighted by molar-refractivity contribution is -0.120. The van der Waals surface area contributed by atoms with Crippen LogP contribution in [0, 0.1) is 0 Å². The van der Waals surface area contributed by atoms with E-state index in [1.807, 2.05) is 24.3 Å². The van der Waals surface area contributed by atoms with Crippen molar-refractivity contribution in [3.63, 3.8) is 0 Å². The monoisotopic (exact) mass is 484 g/mol. The van der Waals surface area contributed by atoms with Crippen LogP contribution >= 0.6 is 23.2 Å². The molecule has 3 aromatic carbocycles. The van der Waals surface area contributed by atoms with E-state index in [2.05, 4.69) is 9.71 Å². The van der Waals surface area contributed by atoms with Gasteiger partial charge in [0.1, 0.15) is 0 Å². The van der Waals surface area contributed by atoms with Crippen LogP contribution < -0.4 is 4.72 Å². The highest BCUT2D eigenvalue weighted by molar-refractivity contribution is 7.90. The minimum atomic E-state index is -4.09. The van der Waals surface area contributed by atoms with Gasteiger partial charge in [0.05, 0.1) is 20.9 Å². The molecular formula is C24H18Cl2N2O3S. The third-order valence-corrected chi connectivity index (χ3v) is 7.20. The van der Waals surface area contributed by atoms with E-state index < -0.39 is 21.8 Å². The van der Waals surface area contributed by atoms with Gasteiger partial charge < -0.3 is 0 Å². The number of hydrogen-bond acceptors (Lipinski definition) is 4. The van der Waals surface area contributed by atoms with Crippen molar-refractivity contribution >= 4 is 49.9 Å². The number of carbonyl (C=O) groups is 1. The lowest BCUT2D eigenvalue weighted by atomic mass is 9.92. The quantitative estimate of drug-likeness (QED) is 0.398. The first-order valence-corrected chi connectivity index (χ1v) is 12.0. The molecule has 0 aliphatic carbocycles. The smallest absolute Gasteiger partial charge is 0.264 e. The average molecular weight is 485 g/mol. The molecule has 8 heteroatoms. The number of hydrogen-bond donors (Lipinski definition) is 1. The van der Waals surface area contributed by atoms with Gasteiger partial charge in [-0.15, -0.1) is 0 Å². The molecular weight excluding hydrogens is 467 g/mol. The highest BCUT2D eigenvalue weighted by atomic mass is 35.5. The molecule has 1 amide bonds. The van der Waals surface area contributed by atoms with E-state index in [1.54, 1.807) is 54.9 Å². The Bertz CT molecular complexity index is 1390. The van der Waals surface area contributed by atoms with Gasteiger partial charge in [-0.1, -0.05) is 59.6 Å². The molecule has 0 aliphatic heterocycles. The molecule has 1 atom stereocenters. The van der Waals surface area contributed by atoms with E-state index in [1.165, 1.54) is 6.07 Å². The standard InChI is InChI=1S/C24H18Cl2N2O3S/c25-22-8-6-19(15-23(22)26)21(13-16-9-11-27-12-10-16)24(29)28-32(30,31)20-7-5-17-3-1-2-4-18(17)14-20/h1-12,14-15,21H,13H2,(H,28,29). The zero-order valence-corrected chi connectivity index (χ0v) is 19.0. The summed E-state index contributed by atoms with van der Waals surface area (Å²) in [5.41, 5.74) is 1.39. The van der Waals surface area contributed by atoms with Crippen molar-refractivity contribution in [3.8, 4) is 0 Å². The summed E-state index contributed by atoms with van der Waals surface area (Å²) in [5, 5.41) is 2.31. The van der Waals surface area contributed by atoms with Gasteiger partial charge in [0.15, 0.2) is 0 Å². The molecule has 4 rings (SSSR count). The number of aromatic nitrogens is 1. The molecule has 0 saturated heterocycles. The number of carbonyl (C=O) groups excluding carboxylic acids is 1. The number of benzene rings is 3. The number of sulfonamides is 1. The van der Waals surface area contributed by atoms with Crippen molar-refractivity contribution in [3.05, 3.63) is 106 Å². The molecule has 162 valence electrons. The number of pyridine rings is 1. The zero-order chi connectivity index (χ0) is 22.7. The van der Waals surface area contributed by atoms with E-state index in [0.717, 1.165) is 16.3 Å². The number of halogens is 2. The summed E-state index contributed by atoms with van der Waals surface area (Å²) in [6.07, 6.45) is 3.50. The predicted molar refractivity (Wildman–Crippen MR) is 126 cm³/mol. The Labute approximate surface area is 196 Å². The van der Waals surface area contributed by atoms with Crippen molar-refractivity contribution in [2.24, 2.45) is 0 Å². The molecule has 1 N–H and O–H groups in total. The van der Waals surface area contributed by atoms with Gasteiger partial charge >= 0.3 is 0 Å². The Morgan fingerprint density at radius 3 is 2.31 bits per heavy atom. The maximum absolute atomic E-state index is 13.2. The van der Waals surface area contributed by atoms with Crippen LogP contribution in [0.2, 0.25) is 10.0 Å². The highest BCUT2D eigenvalue weighted by Gasteiger charge is 2.27. The Balaban J connectivity index is 1.66. The number of amides is 1. The lowest BCUT2D eigenvalue weighted by Gasteiger charge is -2.18. The van der Waals surface area contributed by atoms with Crippen molar-refractivity contribution in [1.82, 2.24) is 9.71 Å². The summed E-state index contributed by atoms with van der Waals surface area (Å²) in [5.74, 6) is -1.46. The Hall–Kier alpha value is -2.93. The van der Waals surface area contributed by atoms with E-state index in [0.29, 0.717) is 10.6 Å². The fraction of sp³-hybridized carbons (Fsp3) is 0.0833. The molecule has 1 unspecified atom stereocenters. The summed E-state index contributed by atoms with van der Waals surface area (Å²) >= 11 is 12.2. The molecule has 0 fully saturated rings. The van der Waals surface area contributed by atoms with Gasteiger partial charge in [-0.05, 0) is 64.7 Å². The van der Waals surface area contributed by atoms with Gasteiger partial charge in [-0.3, -0.25) is 9.78 Å². The van der Waals surface area contributed by atoms with Gasteiger partial charge in [-0.2, -0.15) is 0 Å². The van der Waals surface area contributed by atoms with Crippen molar-refractivity contribution in [2.45, 2.75) is 17.2 Å². The first-order valence-electron chi connectivity index (χ1n) is 9.73. The van der Waals surface area contributed by atoms with Crippen LogP contribution in [0.3, 0.4) is 0 Å². The van der Waals surface area contributed by atoms with Gasteiger partial charge in [0.2, 0.25) is 5.91 Å². The Kier molecular flexibility index (Phi) is 6.46. The van der Waals surface area contributed by atoms with E-state index in [-0.39, 0.29) is 16.3 Å². The van der Waals surface area contributed by atoms with Crippen LogP contribution in [0.4, 0.5) is 0 Å². The molecule has 5 nitrogen and oxygen atoms in total. The first kappa shape index (κ1) is 22.3. The maximum atomic E-state index is 13.2. The maximum Gasteiger partial charge on any atom is 0.264 e. The van der Waals surface area contributed by atoms with Gasteiger partial charge in [0, 0.05) is 12.4 Å². The fourth-order valence-corrected chi connectivity index (χ4v) is 4.80. The summed E-state index contributed by atoms with van der Waals surface area (Å²) in [7, 11) is -4.09. The van der Waals surface area contributed by atoms with Gasteiger partial charge in [-0.25, -0.2) is 13.1 Å². The second kappa shape index (κ2) is 9.28. The highest BCUT2D eigenvalue weighted by Crippen LogP contribution is 2.29. The Morgan fingerprint density at radius 2 is 1.59 bits per heavy atom. The van der Waals surface area contributed by atoms with Crippen LogP contribution in [0.15, 0.2) is 90.1 Å². The van der Waals surface area contributed by atoms with Gasteiger partial charge in [0.25, 0.3) is 10.0 Å². The molecule has 0 spiro atoms. The van der Waals surface area contributed by atoms with E-state index in [4.69, 9.17) is 23.2 Å². The topological polar surface area (TPSA) is 76.1 Å². The van der Waals surface area contributed by atoms with Crippen LogP contribution in [0.5, 0.6) is 0 Å². The molecule has 0 saturated carbocycles. The van der Waals surface area contributed by atoms with Crippen molar-refractivity contribution in [2.75, 3.05) is 0 Å². The normalized spacial score (nSPS) is 12.4. The average Bonchev–Trinajstić information content (AvgIpc) is 2.79. The summed E-state index contributed by atoms with van der Waals surface area (Å²) in [4.78, 5) is 17.2. The van der Waals surface area contributed by atoms with Crippen LogP contribution in [-0.2, 0) is 21.2 Å². The van der Waals surface area contributed by atoms with Crippen LogP contribution in [0.1, 0.15) is 17.0 Å². The Morgan fingerprint density at radius 1 is 0.875 bits per heavy atom. The molecule has 1 aromatic heterocycles. The second-order valence-electron chi connectivity index (χ2n) is 7.26. The summed E-state index contributed by atoms with van der Waals surface area (Å²) in [6.45, 7) is 0. The predicted octanol–water partition coefficient (Wildman–Crippen LogP) is 5.37. The SMILES string of the molecule is O=C(NS(=O)(=O)c1ccc2ccccc2c1)C(Cc1ccncc1)c1ccc(Cl)c(Cl)c1. The minimum Gasteiger partial charge on any atom is -0.273 e. The largest absolute Gasteiger partial charge is 0.273 e. The third-order valence-electron chi connectivity index (χ3n) is 5.12. The number of nitrogens with zero attached hydrogens (tertiary/aromatic N) is 1. The summed E-state index contributed by atoms with van der Waals surface area (Å²) < 4.78 is 28.2. The molecule has 32 heavy (non-hydrogen) atoms. The molecule has 0 radical (unpaired) electrons. The fourth-order valence-electron chi connectivity index (χ4n) is 3.44.